The first-order valence-electron chi connectivity index (χ1n) is 6.15. The zero-order chi connectivity index (χ0) is 14.7. The van der Waals surface area contributed by atoms with Gasteiger partial charge in [0.2, 0.25) is 0 Å². The molecule has 0 saturated carbocycles. The average Bonchev–Trinajstić information content (AvgIpc) is 2.38. The fourth-order valence-electron chi connectivity index (χ4n) is 2.09. The molecule has 2 rings (SSSR count). The van der Waals surface area contributed by atoms with E-state index in [0.29, 0.717) is 15.1 Å². The molecule has 0 spiro atoms. The Morgan fingerprint density at radius 2 is 1.80 bits per heavy atom. The monoisotopic (exact) mass is 391 g/mol. The lowest BCUT2D eigenvalue weighted by Crippen LogP contribution is -2.22. The highest BCUT2D eigenvalue weighted by Gasteiger charge is 2.17. The molecule has 0 bridgehead atoms. The molecule has 106 valence electrons. The first-order valence-corrected chi connectivity index (χ1v) is 8.08. The quantitative estimate of drug-likeness (QED) is 0.661. The standard InChI is InChI=1S/C15H13BrCl3N/c1-2-20-15(9-5-10(16)7-12(18)6-9)13-8-11(17)3-4-14(13)19/h3-8,15,20H,2H2,1H3. The summed E-state index contributed by atoms with van der Waals surface area (Å²) in [4.78, 5) is 0. The number of hydrogen-bond acceptors (Lipinski definition) is 1. The first kappa shape index (κ1) is 16.1. The summed E-state index contributed by atoms with van der Waals surface area (Å²) in [5, 5.41) is 5.43. The van der Waals surface area contributed by atoms with Gasteiger partial charge in [-0.2, -0.15) is 0 Å². The Morgan fingerprint density at radius 3 is 2.45 bits per heavy atom. The van der Waals surface area contributed by atoms with E-state index in [-0.39, 0.29) is 6.04 Å². The molecular formula is C15H13BrCl3N. The summed E-state index contributed by atoms with van der Waals surface area (Å²) in [6.45, 7) is 2.85. The van der Waals surface area contributed by atoms with Crippen LogP contribution in [0.1, 0.15) is 24.1 Å². The van der Waals surface area contributed by atoms with E-state index in [9.17, 15) is 0 Å². The number of halogens is 4. The molecule has 0 amide bonds. The third-order valence-corrected chi connectivity index (χ3v) is 4.15. The summed E-state index contributed by atoms with van der Waals surface area (Å²) in [5.41, 5.74) is 1.98. The highest BCUT2D eigenvalue weighted by atomic mass is 79.9. The SMILES string of the molecule is CCNC(c1cc(Cl)cc(Br)c1)c1cc(Cl)ccc1Cl. The second-order valence-electron chi connectivity index (χ2n) is 4.36. The van der Waals surface area contributed by atoms with Gasteiger partial charge in [0, 0.05) is 19.5 Å². The predicted octanol–water partition coefficient (Wildman–Crippen LogP) is 6.11. The van der Waals surface area contributed by atoms with Crippen LogP contribution in [0.2, 0.25) is 15.1 Å². The molecule has 5 heteroatoms. The van der Waals surface area contributed by atoms with Crippen molar-refractivity contribution in [2.45, 2.75) is 13.0 Å². The van der Waals surface area contributed by atoms with E-state index in [1.54, 1.807) is 6.07 Å². The van der Waals surface area contributed by atoms with Gasteiger partial charge in [-0.1, -0.05) is 57.7 Å². The van der Waals surface area contributed by atoms with E-state index >= 15 is 0 Å². The molecule has 1 N–H and O–H groups in total. The van der Waals surface area contributed by atoms with Crippen molar-refractivity contribution in [1.29, 1.82) is 0 Å². The molecule has 0 aromatic heterocycles. The fourth-order valence-corrected chi connectivity index (χ4v) is 3.38. The van der Waals surface area contributed by atoms with Gasteiger partial charge in [0.05, 0.1) is 6.04 Å². The topological polar surface area (TPSA) is 12.0 Å². The van der Waals surface area contributed by atoms with Crippen molar-refractivity contribution in [3.8, 4) is 0 Å². The molecule has 0 fully saturated rings. The number of benzene rings is 2. The highest BCUT2D eigenvalue weighted by molar-refractivity contribution is 9.10. The summed E-state index contributed by atoms with van der Waals surface area (Å²) in [5.74, 6) is 0. The summed E-state index contributed by atoms with van der Waals surface area (Å²) >= 11 is 22.0. The van der Waals surface area contributed by atoms with Crippen molar-refractivity contribution < 1.29 is 0 Å². The van der Waals surface area contributed by atoms with Gasteiger partial charge in [-0.05, 0) is 54.1 Å². The van der Waals surface area contributed by atoms with Crippen molar-refractivity contribution in [3.05, 3.63) is 67.1 Å². The molecule has 2 aromatic rings. The van der Waals surface area contributed by atoms with Crippen molar-refractivity contribution >= 4 is 50.7 Å². The van der Waals surface area contributed by atoms with Crippen LogP contribution in [-0.4, -0.2) is 6.54 Å². The van der Waals surface area contributed by atoms with Crippen LogP contribution >= 0.6 is 50.7 Å². The Balaban J connectivity index is 2.52. The Morgan fingerprint density at radius 1 is 1.05 bits per heavy atom. The molecular weight excluding hydrogens is 380 g/mol. The summed E-state index contributed by atoms with van der Waals surface area (Å²) in [6.07, 6.45) is 0. The van der Waals surface area contributed by atoms with Gasteiger partial charge < -0.3 is 5.32 Å². The van der Waals surface area contributed by atoms with Crippen LogP contribution in [0.25, 0.3) is 0 Å². The number of hydrogen-bond donors (Lipinski definition) is 1. The van der Waals surface area contributed by atoms with E-state index in [4.69, 9.17) is 34.8 Å². The Bertz CT molecular complexity index is 596. The highest BCUT2D eigenvalue weighted by Crippen LogP contribution is 2.33. The lowest BCUT2D eigenvalue weighted by Gasteiger charge is -2.21. The molecule has 0 aliphatic carbocycles. The van der Waals surface area contributed by atoms with Crippen molar-refractivity contribution in [2.75, 3.05) is 6.54 Å². The van der Waals surface area contributed by atoms with Gasteiger partial charge >= 0.3 is 0 Å². The second kappa shape index (κ2) is 7.15. The summed E-state index contributed by atoms with van der Waals surface area (Å²) in [7, 11) is 0. The normalized spacial score (nSPS) is 12.4. The summed E-state index contributed by atoms with van der Waals surface area (Å²) in [6, 6.07) is 11.2. The van der Waals surface area contributed by atoms with Crippen molar-refractivity contribution in [2.24, 2.45) is 0 Å². The van der Waals surface area contributed by atoms with Crippen LogP contribution in [-0.2, 0) is 0 Å². The lowest BCUT2D eigenvalue weighted by atomic mass is 9.98. The first-order chi connectivity index (χ1) is 9.51. The zero-order valence-corrected chi connectivity index (χ0v) is 14.6. The Hall–Kier alpha value is -0.250. The average molecular weight is 394 g/mol. The largest absolute Gasteiger partial charge is 0.306 e. The molecule has 20 heavy (non-hydrogen) atoms. The molecule has 1 nitrogen and oxygen atoms in total. The van der Waals surface area contributed by atoms with Gasteiger partial charge in [0.1, 0.15) is 0 Å². The van der Waals surface area contributed by atoms with Gasteiger partial charge in [-0.25, -0.2) is 0 Å². The molecule has 2 aromatic carbocycles. The molecule has 1 unspecified atom stereocenters. The molecule has 0 radical (unpaired) electrons. The maximum Gasteiger partial charge on any atom is 0.0592 e. The number of rotatable bonds is 4. The minimum atomic E-state index is -0.0544. The van der Waals surface area contributed by atoms with Crippen molar-refractivity contribution in [1.82, 2.24) is 5.32 Å². The zero-order valence-electron chi connectivity index (χ0n) is 10.8. The van der Waals surface area contributed by atoms with Gasteiger partial charge in [-0.15, -0.1) is 0 Å². The van der Waals surface area contributed by atoms with E-state index in [2.05, 4.69) is 21.2 Å². The van der Waals surface area contributed by atoms with Crippen LogP contribution in [0.15, 0.2) is 40.9 Å². The van der Waals surface area contributed by atoms with Crippen LogP contribution in [0.3, 0.4) is 0 Å². The third kappa shape index (κ3) is 3.90. The maximum absolute atomic E-state index is 6.31. The van der Waals surface area contributed by atoms with Crippen LogP contribution in [0.4, 0.5) is 0 Å². The van der Waals surface area contributed by atoms with Crippen LogP contribution in [0, 0.1) is 0 Å². The Labute approximate surface area is 142 Å². The van der Waals surface area contributed by atoms with E-state index in [1.165, 1.54) is 0 Å². The lowest BCUT2D eigenvalue weighted by molar-refractivity contribution is 0.630. The van der Waals surface area contributed by atoms with Gasteiger partial charge in [0.25, 0.3) is 0 Å². The second-order valence-corrected chi connectivity index (χ2v) is 6.56. The molecule has 0 saturated heterocycles. The fraction of sp³-hybridized carbons (Fsp3) is 0.200. The van der Waals surface area contributed by atoms with Gasteiger partial charge in [0.15, 0.2) is 0 Å². The molecule has 0 aliphatic rings. The summed E-state index contributed by atoms with van der Waals surface area (Å²) < 4.78 is 0.932. The maximum atomic E-state index is 6.31. The van der Waals surface area contributed by atoms with Crippen LogP contribution < -0.4 is 5.32 Å². The molecule has 0 heterocycles. The molecule has 0 aliphatic heterocycles. The van der Waals surface area contributed by atoms with E-state index in [0.717, 1.165) is 22.1 Å². The van der Waals surface area contributed by atoms with E-state index < -0.39 is 0 Å². The molecule has 1 atom stereocenters. The minimum absolute atomic E-state index is 0.0544. The smallest absolute Gasteiger partial charge is 0.0592 e. The predicted molar refractivity (Wildman–Crippen MR) is 91.1 cm³/mol. The van der Waals surface area contributed by atoms with Crippen molar-refractivity contribution in [3.63, 3.8) is 0 Å². The Kier molecular flexibility index (Phi) is 5.76. The minimum Gasteiger partial charge on any atom is -0.306 e. The third-order valence-electron chi connectivity index (χ3n) is 2.90. The van der Waals surface area contributed by atoms with Gasteiger partial charge in [-0.3, -0.25) is 0 Å². The van der Waals surface area contributed by atoms with E-state index in [1.807, 2.05) is 37.3 Å². The van der Waals surface area contributed by atoms with Crippen LogP contribution in [0.5, 0.6) is 0 Å². The number of nitrogens with one attached hydrogen (secondary N) is 1.